The molecule has 7 nitrogen and oxygen atoms in total. The zero-order chi connectivity index (χ0) is 36.3. The van der Waals surface area contributed by atoms with Gasteiger partial charge in [0.25, 0.3) is 0 Å². The van der Waals surface area contributed by atoms with Crippen molar-refractivity contribution in [3.8, 4) is 28.7 Å². The summed E-state index contributed by atoms with van der Waals surface area (Å²) in [5.74, 6) is 3.18. The van der Waals surface area contributed by atoms with Crippen molar-refractivity contribution in [3.05, 3.63) is 150 Å². The van der Waals surface area contributed by atoms with E-state index in [0.717, 1.165) is 64.8 Å². The molecule has 5 aromatic rings. The quantitative estimate of drug-likeness (QED) is 0.0417. The summed E-state index contributed by atoms with van der Waals surface area (Å²) in [6.07, 6.45) is 2.17. The number of benzene rings is 5. The Kier molecular flexibility index (Phi) is 18.0. The second-order valence-corrected chi connectivity index (χ2v) is 14.0. The first-order valence-electron chi connectivity index (χ1n) is 18.0. The molecule has 0 aliphatic rings. The Morgan fingerprint density at radius 1 is 0.491 bits per heavy atom. The van der Waals surface area contributed by atoms with Crippen molar-refractivity contribution in [2.75, 3.05) is 52.4 Å². The fourth-order valence-electron chi connectivity index (χ4n) is 5.48. The molecule has 0 radical (unpaired) electrons. The predicted molar refractivity (Wildman–Crippen MR) is 211 cm³/mol. The first-order valence-corrected chi connectivity index (χ1v) is 19.1. The second kappa shape index (κ2) is 22.9. The van der Waals surface area contributed by atoms with Crippen molar-refractivity contribution < 1.29 is 49.9 Å². The maximum atomic E-state index is 6.41. The average Bonchev–Trinajstić information content (AvgIpc) is 3.17. The van der Waals surface area contributed by atoms with Gasteiger partial charge in [-0.2, -0.15) is 0 Å². The van der Waals surface area contributed by atoms with E-state index in [1.54, 1.807) is 0 Å². The lowest BCUT2D eigenvalue weighted by Crippen LogP contribution is -3.00. The predicted octanol–water partition coefficient (Wildman–Crippen LogP) is 6.65. The Labute approximate surface area is 334 Å². The van der Waals surface area contributed by atoms with E-state index in [4.69, 9.17) is 28.4 Å². The minimum Gasteiger partial charge on any atom is -1.00 e. The topological polar surface area (TPSA) is 55.4 Å². The molecule has 0 atom stereocenters. The van der Waals surface area contributed by atoms with E-state index in [9.17, 15) is 0 Å². The van der Waals surface area contributed by atoms with Gasteiger partial charge < -0.3 is 49.9 Å². The highest BCUT2D eigenvalue weighted by atomic mass is 79.9. The summed E-state index contributed by atoms with van der Waals surface area (Å²) >= 11 is 3.47. The Morgan fingerprint density at radius 2 is 1.00 bits per heavy atom. The monoisotopic (exact) mass is 847 g/mol. The molecular weight excluding hydrogens is 798 g/mol. The van der Waals surface area contributed by atoms with Crippen LogP contribution in [0.4, 0.5) is 0 Å². The standard InChI is InChI=1S/C44H51BrNO6.BrH/c1-46(2,32-36-20-22-40(23-21-36)48-26-13-12-24-45)25-27-47-28-29-49-41-30-42(50-33-37-14-6-3-7-15-37)44(52-35-39-18-10-5-11-19-39)43(31-41)51-34-38-16-8-4-9-17-38;/h3-11,14-23,30-31H,12-13,24-29,32-35H2,1-2H3;1H/q+1;/p-1. The van der Waals surface area contributed by atoms with Crippen LogP contribution in [0.3, 0.4) is 0 Å². The number of hydrogen-bond acceptors (Lipinski definition) is 6. The normalized spacial score (nSPS) is 11.0. The molecule has 0 spiro atoms. The van der Waals surface area contributed by atoms with Crippen LogP contribution in [0.5, 0.6) is 28.7 Å². The fraction of sp³-hybridized carbons (Fsp3) is 0.318. The number of hydrogen-bond donors (Lipinski definition) is 0. The Bertz CT molecular complexity index is 1660. The Hall–Kier alpha value is -4.02. The van der Waals surface area contributed by atoms with E-state index in [-0.39, 0.29) is 17.0 Å². The van der Waals surface area contributed by atoms with Crippen LogP contribution in [-0.4, -0.2) is 56.9 Å². The van der Waals surface area contributed by atoms with Gasteiger partial charge in [-0.05, 0) is 53.8 Å². The number of alkyl halides is 1. The highest BCUT2D eigenvalue weighted by Gasteiger charge is 2.19. The first-order chi connectivity index (χ1) is 25.5. The van der Waals surface area contributed by atoms with Crippen LogP contribution in [0.15, 0.2) is 127 Å². The van der Waals surface area contributed by atoms with Gasteiger partial charge >= 0.3 is 0 Å². The van der Waals surface area contributed by atoms with Gasteiger partial charge in [-0.25, -0.2) is 0 Å². The summed E-state index contributed by atoms with van der Waals surface area (Å²) in [6.45, 7) is 5.08. The molecule has 5 rings (SSSR count). The third-order valence-corrected chi connectivity index (χ3v) is 8.92. The van der Waals surface area contributed by atoms with Crippen molar-refractivity contribution in [3.63, 3.8) is 0 Å². The van der Waals surface area contributed by atoms with Crippen LogP contribution in [0.2, 0.25) is 0 Å². The minimum atomic E-state index is 0. The SMILES string of the molecule is C[N+](C)(CCOCCOc1cc(OCc2ccccc2)c(OCc2ccccc2)c(OCc2ccccc2)c1)Cc1ccc(OCCCCBr)cc1.[Br-]. The fourth-order valence-corrected chi connectivity index (χ4v) is 5.87. The summed E-state index contributed by atoms with van der Waals surface area (Å²) in [4.78, 5) is 0. The molecule has 282 valence electrons. The number of quaternary nitrogens is 1. The molecule has 0 amide bonds. The molecule has 0 bridgehead atoms. The van der Waals surface area contributed by atoms with Crippen molar-refractivity contribution in [2.24, 2.45) is 0 Å². The average molecular weight is 850 g/mol. The summed E-state index contributed by atoms with van der Waals surface area (Å²) in [7, 11) is 4.44. The molecular formula is C44H51Br2NO6. The largest absolute Gasteiger partial charge is 1.00 e. The summed E-state index contributed by atoms with van der Waals surface area (Å²) in [5.41, 5.74) is 4.41. The Morgan fingerprint density at radius 3 is 1.53 bits per heavy atom. The molecule has 0 aliphatic carbocycles. The second-order valence-electron chi connectivity index (χ2n) is 13.2. The molecule has 0 aliphatic heterocycles. The highest BCUT2D eigenvalue weighted by molar-refractivity contribution is 9.09. The first kappa shape index (κ1) is 41.7. The van der Waals surface area contributed by atoms with Gasteiger partial charge in [0.15, 0.2) is 11.5 Å². The highest BCUT2D eigenvalue weighted by Crippen LogP contribution is 2.43. The van der Waals surface area contributed by atoms with Crippen LogP contribution in [0.1, 0.15) is 35.1 Å². The van der Waals surface area contributed by atoms with Gasteiger partial charge in [-0.3, -0.25) is 0 Å². The van der Waals surface area contributed by atoms with Crippen LogP contribution >= 0.6 is 15.9 Å². The van der Waals surface area contributed by atoms with E-state index in [2.05, 4.69) is 54.3 Å². The summed E-state index contributed by atoms with van der Waals surface area (Å²) in [5, 5.41) is 1.01. The third-order valence-electron chi connectivity index (χ3n) is 8.36. The summed E-state index contributed by atoms with van der Waals surface area (Å²) in [6, 6.07) is 42.4. The van der Waals surface area contributed by atoms with Gasteiger partial charge in [0.05, 0.1) is 33.9 Å². The van der Waals surface area contributed by atoms with Crippen molar-refractivity contribution >= 4 is 15.9 Å². The van der Waals surface area contributed by atoms with E-state index in [1.165, 1.54) is 5.56 Å². The number of ether oxygens (including phenoxy) is 6. The Balaban J connectivity index is 0.00000627. The molecule has 0 saturated carbocycles. The van der Waals surface area contributed by atoms with E-state index in [1.807, 2.05) is 103 Å². The third kappa shape index (κ3) is 15.1. The van der Waals surface area contributed by atoms with Gasteiger partial charge in [-0.1, -0.05) is 107 Å². The molecule has 0 saturated heterocycles. The maximum absolute atomic E-state index is 6.41. The molecule has 53 heavy (non-hydrogen) atoms. The number of likely N-dealkylation sites (N-methyl/N-ethyl adjacent to an activating group) is 1. The lowest BCUT2D eigenvalue weighted by Gasteiger charge is -2.29. The minimum absolute atomic E-state index is 0. The molecule has 0 fully saturated rings. The number of nitrogens with zero attached hydrogens (tertiary/aromatic N) is 1. The van der Waals surface area contributed by atoms with E-state index in [0.29, 0.717) is 62.6 Å². The molecule has 0 unspecified atom stereocenters. The summed E-state index contributed by atoms with van der Waals surface area (Å²) < 4.78 is 38.1. The molecule has 0 aromatic heterocycles. The van der Waals surface area contributed by atoms with Gasteiger partial charge in [0.1, 0.15) is 51.0 Å². The van der Waals surface area contributed by atoms with Crippen LogP contribution < -0.4 is 40.7 Å². The molecule has 0 N–H and O–H groups in total. The van der Waals surface area contributed by atoms with Crippen molar-refractivity contribution in [2.45, 2.75) is 39.2 Å². The number of rotatable bonds is 23. The number of halogens is 2. The molecule has 5 aromatic carbocycles. The van der Waals surface area contributed by atoms with E-state index < -0.39 is 0 Å². The van der Waals surface area contributed by atoms with E-state index >= 15 is 0 Å². The van der Waals surface area contributed by atoms with Gasteiger partial charge in [0.2, 0.25) is 5.75 Å². The van der Waals surface area contributed by atoms with Crippen molar-refractivity contribution in [1.29, 1.82) is 0 Å². The van der Waals surface area contributed by atoms with Gasteiger partial charge in [-0.15, -0.1) is 0 Å². The van der Waals surface area contributed by atoms with Crippen LogP contribution in [0.25, 0.3) is 0 Å². The number of unbranched alkanes of at least 4 members (excludes halogenated alkanes) is 1. The van der Waals surface area contributed by atoms with Crippen LogP contribution in [-0.2, 0) is 31.1 Å². The zero-order valence-electron chi connectivity index (χ0n) is 30.8. The smallest absolute Gasteiger partial charge is 0.204 e. The lowest BCUT2D eigenvalue weighted by atomic mass is 10.2. The lowest BCUT2D eigenvalue weighted by molar-refractivity contribution is -0.904. The maximum Gasteiger partial charge on any atom is 0.204 e. The zero-order valence-corrected chi connectivity index (χ0v) is 33.9. The van der Waals surface area contributed by atoms with Crippen molar-refractivity contribution in [1.82, 2.24) is 0 Å². The molecule has 9 heteroatoms. The molecule has 0 heterocycles. The van der Waals surface area contributed by atoms with Crippen LogP contribution in [0, 0.1) is 0 Å². The van der Waals surface area contributed by atoms with Gasteiger partial charge in [0, 0.05) is 23.0 Å².